The lowest BCUT2D eigenvalue weighted by Crippen LogP contribution is -2.45. The summed E-state index contributed by atoms with van der Waals surface area (Å²) in [4.78, 5) is 28.4. The Balaban J connectivity index is 1.26. The number of benzene rings is 3. The van der Waals surface area contributed by atoms with Gasteiger partial charge in [0.2, 0.25) is 11.8 Å². The summed E-state index contributed by atoms with van der Waals surface area (Å²) in [5, 5.41) is 2.97. The van der Waals surface area contributed by atoms with E-state index in [1.807, 2.05) is 18.2 Å². The molecule has 2 aliphatic rings. The maximum Gasteiger partial charge on any atom is 0.247 e. The van der Waals surface area contributed by atoms with Gasteiger partial charge >= 0.3 is 0 Å². The van der Waals surface area contributed by atoms with Crippen LogP contribution in [0.3, 0.4) is 0 Å². The van der Waals surface area contributed by atoms with E-state index in [0.29, 0.717) is 49.8 Å². The lowest BCUT2D eigenvalue weighted by atomic mass is 9.96. The molecule has 2 fully saturated rings. The average molecular weight is 489 g/mol. The normalized spacial score (nSPS) is 21.4. The van der Waals surface area contributed by atoms with Crippen LogP contribution in [-0.4, -0.2) is 42.5 Å². The quantitative estimate of drug-likeness (QED) is 0.505. The summed E-state index contributed by atoms with van der Waals surface area (Å²) in [5.41, 5.74) is 1.83. The van der Waals surface area contributed by atoms with Crippen molar-refractivity contribution in [2.24, 2.45) is 11.8 Å². The molecule has 0 spiro atoms. The number of carbonyl (C=O) groups excluding carboxylic acids is 2. The Morgan fingerprint density at radius 1 is 0.972 bits per heavy atom. The van der Waals surface area contributed by atoms with Gasteiger partial charge in [-0.15, -0.1) is 0 Å². The molecular formula is C29H29FN2O4. The number of anilines is 1. The van der Waals surface area contributed by atoms with E-state index in [9.17, 15) is 14.0 Å². The van der Waals surface area contributed by atoms with Crippen molar-refractivity contribution in [2.75, 3.05) is 25.1 Å². The highest BCUT2D eigenvalue weighted by Crippen LogP contribution is 2.31. The fraction of sp³-hybridized carbons (Fsp3) is 0.310. The first kappa shape index (κ1) is 24.0. The van der Waals surface area contributed by atoms with Crippen LogP contribution in [0.5, 0.6) is 11.5 Å². The maximum atomic E-state index is 13.3. The number of nitrogens with one attached hydrogen (secondary N) is 1. The second-order valence-electron chi connectivity index (χ2n) is 9.43. The minimum absolute atomic E-state index is 0.00579. The van der Waals surface area contributed by atoms with E-state index in [2.05, 4.69) is 17.4 Å². The number of amides is 2. The fourth-order valence-electron chi connectivity index (χ4n) is 4.94. The molecule has 3 aromatic carbocycles. The Labute approximate surface area is 210 Å². The number of ether oxygens (including phenoxy) is 2. The molecule has 3 aromatic rings. The summed E-state index contributed by atoms with van der Waals surface area (Å²) in [7, 11) is 0. The first-order valence-electron chi connectivity index (χ1n) is 12.3. The third-order valence-corrected chi connectivity index (χ3v) is 6.79. The number of hydrogen-bond acceptors (Lipinski definition) is 4. The molecule has 1 unspecified atom stereocenters. The Morgan fingerprint density at radius 2 is 1.67 bits per heavy atom. The second-order valence-corrected chi connectivity index (χ2v) is 9.43. The number of halogens is 1. The first-order valence-corrected chi connectivity index (χ1v) is 12.3. The highest BCUT2D eigenvalue weighted by atomic mass is 19.1. The molecule has 2 heterocycles. The second kappa shape index (κ2) is 10.9. The Morgan fingerprint density at radius 3 is 2.33 bits per heavy atom. The van der Waals surface area contributed by atoms with E-state index < -0.39 is 6.04 Å². The van der Waals surface area contributed by atoms with Gasteiger partial charge in [0.1, 0.15) is 23.4 Å². The summed E-state index contributed by atoms with van der Waals surface area (Å²) < 4.78 is 24.3. The van der Waals surface area contributed by atoms with Crippen molar-refractivity contribution in [1.82, 2.24) is 4.90 Å². The van der Waals surface area contributed by atoms with Crippen LogP contribution in [0.4, 0.5) is 10.1 Å². The summed E-state index contributed by atoms with van der Waals surface area (Å²) in [5.74, 6) is 0.609. The third-order valence-electron chi connectivity index (χ3n) is 6.79. The van der Waals surface area contributed by atoms with E-state index >= 15 is 0 Å². The van der Waals surface area contributed by atoms with E-state index in [0.717, 1.165) is 6.42 Å². The van der Waals surface area contributed by atoms with Crippen molar-refractivity contribution < 1.29 is 23.5 Å². The van der Waals surface area contributed by atoms with Crippen LogP contribution < -0.4 is 10.1 Å². The lowest BCUT2D eigenvalue weighted by molar-refractivity contribution is -0.140. The van der Waals surface area contributed by atoms with Crippen LogP contribution in [0.15, 0.2) is 78.9 Å². The summed E-state index contributed by atoms with van der Waals surface area (Å²) in [6.07, 6.45) is 2.14. The van der Waals surface area contributed by atoms with Crippen molar-refractivity contribution in [1.29, 1.82) is 0 Å². The zero-order chi connectivity index (χ0) is 24.9. The molecular weight excluding hydrogens is 459 g/mol. The van der Waals surface area contributed by atoms with E-state index in [4.69, 9.17) is 9.47 Å². The van der Waals surface area contributed by atoms with Crippen molar-refractivity contribution in [3.63, 3.8) is 0 Å². The van der Waals surface area contributed by atoms with Crippen LogP contribution in [0.1, 0.15) is 18.4 Å². The zero-order valence-electron chi connectivity index (χ0n) is 19.9. The van der Waals surface area contributed by atoms with Crippen molar-refractivity contribution in [2.45, 2.75) is 25.3 Å². The van der Waals surface area contributed by atoms with E-state index in [-0.39, 0.29) is 29.5 Å². The van der Waals surface area contributed by atoms with Gasteiger partial charge in [-0.05, 0) is 79.3 Å². The Kier molecular flexibility index (Phi) is 7.28. The standard InChI is InChI=1S/C29H29FN2O4/c30-23-6-10-25(11-7-23)36-26-12-8-24(9-13-26)31-28(33)27-17-21(16-20-4-2-1-3-5-20)18-32(27)29(34)22-14-15-35-19-22/h1-13,21-22,27H,14-19H2,(H,31,33)/t21-,22?,27+/m1/s1. The largest absolute Gasteiger partial charge is 0.457 e. The lowest BCUT2D eigenvalue weighted by Gasteiger charge is -2.26. The number of hydrogen-bond donors (Lipinski definition) is 1. The van der Waals surface area contributed by atoms with Crippen LogP contribution in [0.25, 0.3) is 0 Å². The average Bonchev–Trinajstić information content (AvgIpc) is 3.58. The van der Waals surface area contributed by atoms with Gasteiger partial charge < -0.3 is 19.7 Å². The SMILES string of the molecule is O=C(Nc1ccc(Oc2ccc(F)cc2)cc1)[C@@H]1C[C@@H](Cc2ccccc2)CN1C(=O)C1CCOC1. The minimum Gasteiger partial charge on any atom is -0.457 e. The number of nitrogens with zero attached hydrogens (tertiary/aromatic N) is 1. The Bertz CT molecular complexity index is 1180. The van der Waals surface area contributed by atoms with Gasteiger partial charge in [0, 0.05) is 18.8 Å². The molecule has 7 heteroatoms. The van der Waals surface area contributed by atoms with Crippen molar-refractivity contribution >= 4 is 17.5 Å². The van der Waals surface area contributed by atoms with Crippen LogP contribution >= 0.6 is 0 Å². The smallest absolute Gasteiger partial charge is 0.247 e. The third kappa shape index (κ3) is 5.74. The molecule has 0 aliphatic carbocycles. The van der Waals surface area contributed by atoms with Crippen molar-refractivity contribution in [3.05, 3.63) is 90.2 Å². The molecule has 6 nitrogen and oxygen atoms in total. The molecule has 1 N–H and O–H groups in total. The van der Waals surface area contributed by atoms with Crippen LogP contribution in [-0.2, 0) is 20.7 Å². The van der Waals surface area contributed by atoms with Gasteiger partial charge in [0.05, 0.1) is 12.5 Å². The predicted molar refractivity (Wildman–Crippen MR) is 134 cm³/mol. The number of rotatable bonds is 7. The molecule has 0 saturated carbocycles. The van der Waals surface area contributed by atoms with Crippen molar-refractivity contribution in [3.8, 4) is 11.5 Å². The number of likely N-dealkylation sites (tertiary alicyclic amines) is 1. The van der Waals surface area contributed by atoms with Gasteiger partial charge in [0.15, 0.2) is 0 Å². The molecule has 0 bridgehead atoms. The molecule has 0 aromatic heterocycles. The van der Waals surface area contributed by atoms with Gasteiger partial charge in [-0.25, -0.2) is 4.39 Å². The van der Waals surface area contributed by atoms with E-state index in [1.54, 1.807) is 41.3 Å². The monoisotopic (exact) mass is 488 g/mol. The topological polar surface area (TPSA) is 67.9 Å². The first-order chi connectivity index (χ1) is 17.5. The molecule has 3 atom stereocenters. The molecule has 186 valence electrons. The van der Waals surface area contributed by atoms with Gasteiger partial charge in [-0.3, -0.25) is 9.59 Å². The minimum atomic E-state index is -0.526. The molecule has 2 saturated heterocycles. The molecule has 5 rings (SSSR count). The number of carbonyl (C=O) groups is 2. The molecule has 0 radical (unpaired) electrons. The summed E-state index contributed by atoms with van der Waals surface area (Å²) in [6, 6.07) is 22.4. The Hall–Kier alpha value is -3.71. The van der Waals surface area contributed by atoms with Gasteiger partial charge in [-0.1, -0.05) is 30.3 Å². The summed E-state index contributed by atoms with van der Waals surface area (Å²) in [6.45, 7) is 1.57. The fourth-order valence-corrected chi connectivity index (χ4v) is 4.94. The molecule has 2 aliphatic heterocycles. The predicted octanol–water partition coefficient (Wildman–Crippen LogP) is 5.05. The highest BCUT2D eigenvalue weighted by molar-refractivity contribution is 5.98. The van der Waals surface area contributed by atoms with E-state index in [1.165, 1.54) is 17.7 Å². The summed E-state index contributed by atoms with van der Waals surface area (Å²) >= 11 is 0. The van der Waals surface area contributed by atoms with Gasteiger partial charge in [-0.2, -0.15) is 0 Å². The van der Waals surface area contributed by atoms with Crippen LogP contribution in [0, 0.1) is 17.7 Å². The molecule has 36 heavy (non-hydrogen) atoms. The molecule has 2 amide bonds. The maximum absolute atomic E-state index is 13.3. The highest BCUT2D eigenvalue weighted by Gasteiger charge is 2.42. The zero-order valence-corrected chi connectivity index (χ0v) is 19.9. The van der Waals surface area contributed by atoms with Gasteiger partial charge in [0.25, 0.3) is 0 Å². The van der Waals surface area contributed by atoms with Crippen LogP contribution in [0.2, 0.25) is 0 Å².